The van der Waals surface area contributed by atoms with E-state index in [-0.39, 0.29) is 0 Å². The van der Waals surface area contributed by atoms with Gasteiger partial charge >= 0.3 is 7.12 Å². The SMILES string of the molecule is OB(O)c1ccnc(N2CCCC2)c1. The molecule has 0 bridgehead atoms. The molecule has 0 aromatic carbocycles. The van der Waals surface area contributed by atoms with Crippen LogP contribution < -0.4 is 10.4 Å². The molecule has 0 spiro atoms. The summed E-state index contributed by atoms with van der Waals surface area (Å²) in [7, 11) is -1.40. The van der Waals surface area contributed by atoms with Crippen LogP contribution in [0, 0.1) is 0 Å². The fourth-order valence-electron chi connectivity index (χ4n) is 1.71. The number of nitrogens with zero attached hydrogens (tertiary/aromatic N) is 2. The Morgan fingerprint density at radius 1 is 1.29 bits per heavy atom. The van der Waals surface area contributed by atoms with E-state index in [1.165, 1.54) is 12.8 Å². The molecule has 74 valence electrons. The molecule has 0 unspecified atom stereocenters. The van der Waals surface area contributed by atoms with E-state index >= 15 is 0 Å². The van der Waals surface area contributed by atoms with E-state index in [2.05, 4.69) is 9.88 Å². The van der Waals surface area contributed by atoms with Crippen molar-refractivity contribution in [3.63, 3.8) is 0 Å². The fourth-order valence-corrected chi connectivity index (χ4v) is 1.71. The molecule has 0 saturated carbocycles. The summed E-state index contributed by atoms with van der Waals surface area (Å²) < 4.78 is 0. The maximum atomic E-state index is 9.00. The first-order valence-corrected chi connectivity index (χ1v) is 4.84. The molecular weight excluding hydrogens is 179 g/mol. The second kappa shape index (κ2) is 3.98. The van der Waals surface area contributed by atoms with Gasteiger partial charge in [-0.05, 0) is 30.4 Å². The third-order valence-electron chi connectivity index (χ3n) is 2.50. The Bertz CT molecular complexity index is 313. The minimum absolute atomic E-state index is 0.502. The summed E-state index contributed by atoms with van der Waals surface area (Å²) in [5, 5.41) is 18.0. The van der Waals surface area contributed by atoms with Crippen molar-refractivity contribution in [2.75, 3.05) is 18.0 Å². The average molecular weight is 192 g/mol. The number of hydrogen-bond acceptors (Lipinski definition) is 4. The van der Waals surface area contributed by atoms with E-state index in [1.807, 2.05) is 0 Å². The Morgan fingerprint density at radius 3 is 2.64 bits per heavy atom. The lowest BCUT2D eigenvalue weighted by Crippen LogP contribution is -2.31. The highest BCUT2D eigenvalue weighted by Gasteiger charge is 2.16. The predicted octanol–water partition coefficient (Wildman–Crippen LogP) is -0.638. The molecule has 1 aromatic heterocycles. The molecule has 2 heterocycles. The minimum atomic E-state index is -1.40. The van der Waals surface area contributed by atoms with Crippen LogP contribution in [0.3, 0.4) is 0 Å². The fraction of sp³-hybridized carbons (Fsp3) is 0.444. The molecular formula is C9H13BN2O2. The second-order valence-corrected chi connectivity index (χ2v) is 3.52. The largest absolute Gasteiger partial charge is 0.488 e. The van der Waals surface area contributed by atoms with Gasteiger partial charge in [0.1, 0.15) is 5.82 Å². The lowest BCUT2D eigenvalue weighted by Gasteiger charge is -2.16. The van der Waals surface area contributed by atoms with Gasteiger partial charge in [0.15, 0.2) is 0 Å². The number of hydrogen-bond donors (Lipinski definition) is 2. The molecule has 1 aromatic rings. The molecule has 0 amide bonds. The van der Waals surface area contributed by atoms with Crippen molar-refractivity contribution >= 4 is 18.4 Å². The van der Waals surface area contributed by atoms with E-state index < -0.39 is 7.12 Å². The van der Waals surface area contributed by atoms with Gasteiger partial charge in [0.05, 0.1) is 0 Å². The number of rotatable bonds is 2. The number of anilines is 1. The van der Waals surface area contributed by atoms with Crippen molar-refractivity contribution in [1.29, 1.82) is 0 Å². The van der Waals surface area contributed by atoms with Gasteiger partial charge in [-0.2, -0.15) is 0 Å². The van der Waals surface area contributed by atoms with Crippen LogP contribution in [0.25, 0.3) is 0 Å². The van der Waals surface area contributed by atoms with Gasteiger partial charge in [0.25, 0.3) is 0 Å². The molecule has 1 fully saturated rings. The third-order valence-corrected chi connectivity index (χ3v) is 2.50. The molecule has 0 atom stereocenters. The van der Waals surface area contributed by atoms with Gasteiger partial charge in [-0.15, -0.1) is 0 Å². The van der Waals surface area contributed by atoms with E-state index in [0.717, 1.165) is 18.9 Å². The summed E-state index contributed by atoms with van der Waals surface area (Å²) >= 11 is 0. The summed E-state index contributed by atoms with van der Waals surface area (Å²) in [4.78, 5) is 6.37. The highest BCUT2D eigenvalue weighted by atomic mass is 16.4. The van der Waals surface area contributed by atoms with Crippen LogP contribution in [0.5, 0.6) is 0 Å². The van der Waals surface area contributed by atoms with Crippen LogP contribution >= 0.6 is 0 Å². The smallest absolute Gasteiger partial charge is 0.423 e. The minimum Gasteiger partial charge on any atom is -0.423 e. The molecule has 14 heavy (non-hydrogen) atoms. The topological polar surface area (TPSA) is 56.6 Å². The van der Waals surface area contributed by atoms with Crippen molar-refractivity contribution in [3.8, 4) is 0 Å². The molecule has 5 heteroatoms. The Labute approximate surface area is 83.3 Å². The van der Waals surface area contributed by atoms with Crippen LogP contribution in [0.15, 0.2) is 18.3 Å². The first-order valence-electron chi connectivity index (χ1n) is 4.84. The summed E-state index contributed by atoms with van der Waals surface area (Å²) in [5.41, 5.74) is 0.502. The molecule has 2 rings (SSSR count). The third kappa shape index (κ3) is 1.88. The van der Waals surface area contributed by atoms with Crippen molar-refractivity contribution in [1.82, 2.24) is 4.98 Å². The highest BCUT2D eigenvalue weighted by Crippen LogP contribution is 2.15. The van der Waals surface area contributed by atoms with Gasteiger partial charge in [-0.3, -0.25) is 0 Å². The normalized spacial score (nSPS) is 16.0. The number of pyridine rings is 1. The van der Waals surface area contributed by atoms with E-state index in [0.29, 0.717) is 5.46 Å². The zero-order chi connectivity index (χ0) is 9.97. The summed E-state index contributed by atoms with van der Waals surface area (Å²) in [5.74, 6) is 0.841. The van der Waals surface area contributed by atoms with Crippen LogP contribution in [-0.4, -0.2) is 35.2 Å². The van der Waals surface area contributed by atoms with Crippen LogP contribution in [0.2, 0.25) is 0 Å². The summed E-state index contributed by atoms with van der Waals surface area (Å²) in [6, 6.07) is 3.35. The van der Waals surface area contributed by atoms with Crippen molar-refractivity contribution in [2.45, 2.75) is 12.8 Å². The maximum absolute atomic E-state index is 9.00. The average Bonchev–Trinajstić information content (AvgIpc) is 2.71. The van der Waals surface area contributed by atoms with Gasteiger partial charge in [-0.1, -0.05) is 0 Å². The van der Waals surface area contributed by atoms with Crippen molar-refractivity contribution < 1.29 is 10.0 Å². The van der Waals surface area contributed by atoms with Crippen molar-refractivity contribution in [2.24, 2.45) is 0 Å². The molecule has 0 aliphatic carbocycles. The van der Waals surface area contributed by atoms with Gasteiger partial charge in [0.2, 0.25) is 0 Å². The molecule has 4 nitrogen and oxygen atoms in total. The maximum Gasteiger partial charge on any atom is 0.488 e. The quantitative estimate of drug-likeness (QED) is 0.612. The molecule has 1 aliphatic rings. The van der Waals surface area contributed by atoms with E-state index in [1.54, 1.807) is 18.3 Å². The standard InChI is InChI=1S/C9H13BN2O2/c13-10(14)8-3-4-11-9(7-8)12-5-1-2-6-12/h3-4,7,13-14H,1-2,5-6H2. The Morgan fingerprint density at radius 2 is 2.00 bits per heavy atom. The second-order valence-electron chi connectivity index (χ2n) is 3.52. The van der Waals surface area contributed by atoms with Gasteiger partial charge in [-0.25, -0.2) is 4.98 Å². The number of aromatic nitrogens is 1. The van der Waals surface area contributed by atoms with Gasteiger partial charge < -0.3 is 14.9 Å². The highest BCUT2D eigenvalue weighted by molar-refractivity contribution is 6.58. The molecule has 1 aliphatic heterocycles. The predicted molar refractivity (Wildman–Crippen MR) is 55.5 cm³/mol. The Balaban J connectivity index is 2.21. The summed E-state index contributed by atoms with van der Waals surface area (Å²) in [6.45, 7) is 2.02. The lowest BCUT2D eigenvalue weighted by molar-refractivity contribution is 0.425. The lowest BCUT2D eigenvalue weighted by atomic mass is 9.81. The Hall–Kier alpha value is -1.07. The van der Waals surface area contributed by atoms with E-state index in [9.17, 15) is 0 Å². The van der Waals surface area contributed by atoms with E-state index in [4.69, 9.17) is 10.0 Å². The van der Waals surface area contributed by atoms with Crippen molar-refractivity contribution in [3.05, 3.63) is 18.3 Å². The van der Waals surface area contributed by atoms with Crippen LogP contribution in [0.4, 0.5) is 5.82 Å². The molecule has 1 saturated heterocycles. The van der Waals surface area contributed by atoms with Crippen LogP contribution in [0.1, 0.15) is 12.8 Å². The molecule has 2 N–H and O–H groups in total. The zero-order valence-electron chi connectivity index (χ0n) is 7.93. The first-order chi connectivity index (χ1) is 6.77. The van der Waals surface area contributed by atoms with Crippen LogP contribution in [-0.2, 0) is 0 Å². The summed E-state index contributed by atoms with van der Waals surface area (Å²) in [6.07, 6.45) is 3.99. The van der Waals surface area contributed by atoms with Gasteiger partial charge in [0, 0.05) is 19.3 Å². The monoisotopic (exact) mass is 192 g/mol. The zero-order valence-corrected chi connectivity index (χ0v) is 7.93. The molecule has 0 radical (unpaired) electrons. The Kier molecular flexibility index (Phi) is 2.70. The first kappa shape index (κ1) is 9.49.